The largest absolute Gasteiger partial charge is 0.296 e. The summed E-state index contributed by atoms with van der Waals surface area (Å²) in [6.07, 6.45) is 2.68. The van der Waals surface area contributed by atoms with Gasteiger partial charge in [0.1, 0.15) is 5.82 Å². The molecule has 2 rings (SSSR count). The Kier molecular flexibility index (Phi) is 4.21. The van der Waals surface area contributed by atoms with Gasteiger partial charge in [0.05, 0.1) is 0 Å². The number of benzene rings is 1. The van der Waals surface area contributed by atoms with Crippen LogP contribution in [0, 0.1) is 11.7 Å². The molecule has 0 atom stereocenters. The summed E-state index contributed by atoms with van der Waals surface area (Å²) in [5.74, 6) is 0.733. The minimum Gasteiger partial charge on any atom is -0.296 e. The van der Waals surface area contributed by atoms with Crippen LogP contribution < -0.4 is 0 Å². The van der Waals surface area contributed by atoms with E-state index in [1.54, 1.807) is 6.07 Å². The van der Waals surface area contributed by atoms with Gasteiger partial charge in [-0.05, 0) is 44.7 Å². The van der Waals surface area contributed by atoms with E-state index in [1.807, 2.05) is 12.1 Å². The molecule has 94 valence electrons. The predicted molar refractivity (Wildman–Crippen MR) is 72.4 cm³/mol. The zero-order valence-corrected chi connectivity index (χ0v) is 12.0. The van der Waals surface area contributed by atoms with E-state index in [-0.39, 0.29) is 5.82 Å². The standard InChI is InChI=1S/C14H19BrFN/c1-10(2)17(8-11-3-4-11)9-12-5-6-13(15)7-14(12)16/h5-7,10-11H,3-4,8-9H2,1-2H3. The van der Waals surface area contributed by atoms with Crippen LogP contribution in [0.4, 0.5) is 4.39 Å². The molecule has 1 fully saturated rings. The number of hydrogen-bond donors (Lipinski definition) is 0. The van der Waals surface area contributed by atoms with Crippen LogP contribution in [0.3, 0.4) is 0 Å². The molecule has 0 heterocycles. The van der Waals surface area contributed by atoms with Gasteiger partial charge >= 0.3 is 0 Å². The van der Waals surface area contributed by atoms with Gasteiger partial charge in [0.15, 0.2) is 0 Å². The maximum absolute atomic E-state index is 13.8. The highest BCUT2D eigenvalue weighted by atomic mass is 79.9. The Bertz CT molecular complexity index is 388. The second kappa shape index (κ2) is 5.49. The molecule has 1 nitrogen and oxygen atoms in total. The molecule has 17 heavy (non-hydrogen) atoms. The maximum atomic E-state index is 13.8. The second-order valence-electron chi connectivity index (χ2n) is 5.20. The number of hydrogen-bond acceptors (Lipinski definition) is 1. The minimum absolute atomic E-state index is 0.110. The van der Waals surface area contributed by atoms with Crippen molar-refractivity contribution in [2.24, 2.45) is 5.92 Å². The third kappa shape index (κ3) is 3.78. The second-order valence-corrected chi connectivity index (χ2v) is 6.12. The molecule has 3 heteroatoms. The Balaban J connectivity index is 2.05. The molecule has 0 bridgehead atoms. The highest BCUT2D eigenvalue weighted by Crippen LogP contribution is 2.31. The Hall–Kier alpha value is -0.410. The van der Waals surface area contributed by atoms with Crippen LogP contribution >= 0.6 is 15.9 Å². The average molecular weight is 300 g/mol. The molecule has 0 amide bonds. The molecule has 0 saturated heterocycles. The van der Waals surface area contributed by atoms with Crippen molar-refractivity contribution in [3.8, 4) is 0 Å². The maximum Gasteiger partial charge on any atom is 0.128 e. The van der Waals surface area contributed by atoms with Crippen LogP contribution in [0.25, 0.3) is 0 Å². The summed E-state index contributed by atoms with van der Waals surface area (Å²) in [6, 6.07) is 5.81. The SMILES string of the molecule is CC(C)N(Cc1ccc(Br)cc1F)CC1CC1. The monoisotopic (exact) mass is 299 g/mol. The minimum atomic E-state index is -0.110. The summed E-state index contributed by atoms with van der Waals surface area (Å²) in [6.45, 7) is 6.18. The van der Waals surface area contributed by atoms with Gasteiger partial charge < -0.3 is 0 Å². The van der Waals surface area contributed by atoms with E-state index < -0.39 is 0 Å². The van der Waals surface area contributed by atoms with Gasteiger partial charge in [-0.3, -0.25) is 4.90 Å². The third-order valence-electron chi connectivity index (χ3n) is 3.31. The Morgan fingerprint density at radius 3 is 2.65 bits per heavy atom. The van der Waals surface area contributed by atoms with E-state index in [9.17, 15) is 4.39 Å². The lowest BCUT2D eigenvalue weighted by Crippen LogP contribution is -2.32. The lowest BCUT2D eigenvalue weighted by molar-refractivity contribution is 0.201. The molecule has 1 aliphatic carbocycles. The van der Waals surface area contributed by atoms with Crippen LogP contribution in [0.5, 0.6) is 0 Å². The van der Waals surface area contributed by atoms with Crippen molar-refractivity contribution in [3.05, 3.63) is 34.1 Å². The van der Waals surface area contributed by atoms with Crippen molar-refractivity contribution in [2.75, 3.05) is 6.54 Å². The van der Waals surface area contributed by atoms with Gasteiger partial charge in [-0.25, -0.2) is 4.39 Å². The van der Waals surface area contributed by atoms with E-state index in [0.29, 0.717) is 12.6 Å². The smallest absolute Gasteiger partial charge is 0.128 e. The van der Waals surface area contributed by atoms with Crippen molar-refractivity contribution in [3.63, 3.8) is 0 Å². The summed E-state index contributed by atoms with van der Waals surface area (Å²) >= 11 is 3.29. The van der Waals surface area contributed by atoms with Gasteiger partial charge in [0.25, 0.3) is 0 Å². The van der Waals surface area contributed by atoms with Crippen LogP contribution in [-0.4, -0.2) is 17.5 Å². The van der Waals surface area contributed by atoms with E-state index in [1.165, 1.54) is 12.8 Å². The van der Waals surface area contributed by atoms with Crippen molar-refractivity contribution in [1.29, 1.82) is 0 Å². The zero-order valence-electron chi connectivity index (χ0n) is 10.4. The number of nitrogens with zero attached hydrogens (tertiary/aromatic N) is 1. The first kappa shape index (κ1) is 13.0. The lowest BCUT2D eigenvalue weighted by atomic mass is 10.1. The Labute approximate surface area is 111 Å². The number of halogens is 2. The van der Waals surface area contributed by atoms with Gasteiger partial charge in [0.2, 0.25) is 0 Å². The molecule has 0 unspecified atom stereocenters. The summed E-state index contributed by atoms with van der Waals surface area (Å²) < 4.78 is 14.6. The summed E-state index contributed by atoms with van der Waals surface area (Å²) in [7, 11) is 0. The lowest BCUT2D eigenvalue weighted by Gasteiger charge is -2.26. The third-order valence-corrected chi connectivity index (χ3v) is 3.80. The molecule has 1 aromatic rings. The Morgan fingerprint density at radius 2 is 2.12 bits per heavy atom. The van der Waals surface area contributed by atoms with E-state index in [4.69, 9.17) is 0 Å². The zero-order chi connectivity index (χ0) is 12.4. The molecule has 0 N–H and O–H groups in total. The quantitative estimate of drug-likeness (QED) is 0.787. The van der Waals surface area contributed by atoms with Gasteiger partial charge in [-0.15, -0.1) is 0 Å². The van der Waals surface area contributed by atoms with Crippen LogP contribution in [0.15, 0.2) is 22.7 Å². The highest BCUT2D eigenvalue weighted by molar-refractivity contribution is 9.10. The van der Waals surface area contributed by atoms with Gasteiger partial charge in [-0.2, -0.15) is 0 Å². The van der Waals surface area contributed by atoms with Crippen LogP contribution in [0.2, 0.25) is 0 Å². The molecule has 0 radical (unpaired) electrons. The van der Waals surface area contributed by atoms with E-state index in [0.717, 1.165) is 22.5 Å². The predicted octanol–water partition coefficient (Wildman–Crippen LogP) is 4.21. The molecule has 0 spiro atoms. The first-order valence-electron chi connectivity index (χ1n) is 6.24. The first-order valence-corrected chi connectivity index (χ1v) is 7.03. The normalized spacial score (nSPS) is 15.9. The summed E-state index contributed by atoms with van der Waals surface area (Å²) in [5, 5.41) is 0. The molecule has 0 aromatic heterocycles. The van der Waals surface area contributed by atoms with Crippen molar-refractivity contribution in [2.45, 2.75) is 39.3 Å². The molecule has 1 aromatic carbocycles. The van der Waals surface area contributed by atoms with Crippen molar-refractivity contribution in [1.82, 2.24) is 4.90 Å². The first-order chi connectivity index (χ1) is 8.06. The highest BCUT2D eigenvalue weighted by Gasteiger charge is 2.25. The molecular weight excluding hydrogens is 281 g/mol. The molecule has 1 aliphatic rings. The van der Waals surface area contributed by atoms with Crippen molar-refractivity contribution < 1.29 is 4.39 Å². The van der Waals surface area contributed by atoms with Gasteiger partial charge in [-0.1, -0.05) is 22.0 Å². The molecular formula is C14H19BrFN. The van der Waals surface area contributed by atoms with Gasteiger partial charge in [0, 0.05) is 29.2 Å². The van der Waals surface area contributed by atoms with Crippen molar-refractivity contribution >= 4 is 15.9 Å². The molecule has 1 saturated carbocycles. The number of rotatable bonds is 5. The topological polar surface area (TPSA) is 3.24 Å². The summed E-state index contributed by atoms with van der Waals surface area (Å²) in [5.41, 5.74) is 0.794. The fraction of sp³-hybridized carbons (Fsp3) is 0.571. The average Bonchev–Trinajstić information content (AvgIpc) is 3.04. The molecule has 0 aliphatic heterocycles. The fourth-order valence-electron chi connectivity index (χ4n) is 1.96. The van der Waals surface area contributed by atoms with Crippen LogP contribution in [0.1, 0.15) is 32.3 Å². The summed E-state index contributed by atoms with van der Waals surface area (Å²) in [4.78, 5) is 2.37. The van der Waals surface area contributed by atoms with Crippen LogP contribution in [-0.2, 0) is 6.54 Å². The Morgan fingerprint density at radius 1 is 1.41 bits per heavy atom. The van der Waals surface area contributed by atoms with E-state index in [2.05, 4.69) is 34.7 Å². The fourth-order valence-corrected chi connectivity index (χ4v) is 2.29. The van der Waals surface area contributed by atoms with E-state index >= 15 is 0 Å².